The van der Waals surface area contributed by atoms with Crippen molar-refractivity contribution in [3.63, 3.8) is 0 Å². The van der Waals surface area contributed by atoms with Crippen molar-refractivity contribution < 1.29 is 14.5 Å². The Morgan fingerprint density at radius 2 is 1.85 bits per heavy atom. The van der Waals surface area contributed by atoms with Crippen molar-refractivity contribution >= 4 is 45.4 Å². The highest BCUT2D eigenvalue weighted by Crippen LogP contribution is 2.29. The van der Waals surface area contributed by atoms with Crippen LogP contribution in [0.25, 0.3) is 10.8 Å². The topological polar surface area (TPSA) is 93.5 Å². The van der Waals surface area contributed by atoms with Crippen LogP contribution in [0.15, 0.2) is 60.7 Å². The van der Waals surface area contributed by atoms with Crippen LogP contribution in [0.3, 0.4) is 0 Å². The minimum atomic E-state index is -0.554. The molecule has 0 aliphatic carbocycles. The lowest BCUT2D eigenvalue weighted by molar-refractivity contribution is -0.385. The number of carbonyl (C=O) groups is 1. The molecule has 1 amide bonds. The van der Waals surface area contributed by atoms with E-state index in [0.29, 0.717) is 11.3 Å². The summed E-state index contributed by atoms with van der Waals surface area (Å²) in [5.74, 6) is -0.233. The third kappa shape index (κ3) is 4.01. The van der Waals surface area contributed by atoms with E-state index in [2.05, 4.69) is 10.6 Å². The van der Waals surface area contributed by atoms with Crippen LogP contribution < -0.4 is 15.4 Å². The molecule has 0 aliphatic rings. The molecule has 0 saturated heterocycles. The number of nitrogens with one attached hydrogen (secondary N) is 2. The van der Waals surface area contributed by atoms with Crippen molar-refractivity contribution in [1.29, 1.82) is 0 Å². The number of methoxy groups -OCH3 is 1. The van der Waals surface area contributed by atoms with Crippen LogP contribution in [0.1, 0.15) is 10.4 Å². The zero-order chi connectivity index (χ0) is 19.4. The van der Waals surface area contributed by atoms with Gasteiger partial charge in [-0.1, -0.05) is 36.4 Å². The van der Waals surface area contributed by atoms with E-state index < -0.39 is 4.92 Å². The molecule has 0 fully saturated rings. The van der Waals surface area contributed by atoms with Crippen LogP contribution in [0.5, 0.6) is 5.75 Å². The van der Waals surface area contributed by atoms with Gasteiger partial charge in [-0.05, 0) is 41.2 Å². The maximum absolute atomic E-state index is 12.6. The third-order valence-corrected chi connectivity index (χ3v) is 4.10. The van der Waals surface area contributed by atoms with Crippen LogP contribution in [0.2, 0.25) is 0 Å². The molecule has 0 aromatic heterocycles. The Bertz CT molecular complexity index is 1050. The smallest absolute Gasteiger partial charge is 0.312 e. The fourth-order valence-electron chi connectivity index (χ4n) is 2.67. The predicted octanol–water partition coefficient (Wildman–Crippen LogP) is 3.88. The number of ether oxygens (including phenoxy) is 1. The molecule has 0 atom stereocenters. The molecule has 0 spiro atoms. The third-order valence-electron chi connectivity index (χ3n) is 3.89. The number of hydrogen-bond donors (Lipinski definition) is 2. The van der Waals surface area contributed by atoms with Crippen molar-refractivity contribution in [3.8, 4) is 5.75 Å². The van der Waals surface area contributed by atoms with Gasteiger partial charge in [0.25, 0.3) is 5.91 Å². The molecule has 0 aliphatic heterocycles. The first kappa shape index (κ1) is 18.3. The van der Waals surface area contributed by atoms with Gasteiger partial charge in [0.1, 0.15) is 0 Å². The van der Waals surface area contributed by atoms with Gasteiger partial charge in [0.2, 0.25) is 0 Å². The van der Waals surface area contributed by atoms with Gasteiger partial charge in [0.05, 0.1) is 12.0 Å². The van der Waals surface area contributed by atoms with E-state index >= 15 is 0 Å². The fraction of sp³-hybridized carbons (Fsp3) is 0.0526. The van der Waals surface area contributed by atoms with Gasteiger partial charge in [-0.25, -0.2) is 0 Å². The van der Waals surface area contributed by atoms with E-state index in [4.69, 9.17) is 17.0 Å². The SMILES string of the molecule is COc1ccc(NC(=S)NC(=O)c2cccc3ccccc23)cc1[N+](=O)[O-]. The first-order valence-electron chi connectivity index (χ1n) is 7.92. The summed E-state index contributed by atoms with van der Waals surface area (Å²) in [6, 6.07) is 17.2. The number of rotatable bonds is 4. The normalized spacial score (nSPS) is 10.3. The number of nitrogens with zero attached hydrogens (tertiary/aromatic N) is 1. The average molecular weight is 381 g/mol. The number of carbonyl (C=O) groups excluding carboxylic acids is 1. The molecule has 136 valence electrons. The Morgan fingerprint density at radius 3 is 2.59 bits per heavy atom. The van der Waals surface area contributed by atoms with Crippen LogP contribution >= 0.6 is 12.2 Å². The minimum absolute atomic E-state index is 0.0346. The Hall–Kier alpha value is -3.52. The van der Waals surface area contributed by atoms with Crippen molar-refractivity contribution in [2.45, 2.75) is 0 Å². The number of nitro benzene ring substituents is 1. The number of nitro groups is 1. The van der Waals surface area contributed by atoms with E-state index in [1.54, 1.807) is 18.2 Å². The van der Waals surface area contributed by atoms with Gasteiger partial charge in [-0.15, -0.1) is 0 Å². The zero-order valence-corrected chi connectivity index (χ0v) is 15.1. The highest BCUT2D eigenvalue weighted by Gasteiger charge is 2.16. The average Bonchev–Trinajstić information content (AvgIpc) is 2.67. The molecule has 0 unspecified atom stereocenters. The summed E-state index contributed by atoms with van der Waals surface area (Å²) in [5.41, 5.74) is 0.648. The van der Waals surface area contributed by atoms with Gasteiger partial charge in [-0.3, -0.25) is 20.2 Å². The highest BCUT2D eigenvalue weighted by atomic mass is 32.1. The van der Waals surface area contributed by atoms with Gasteiger partial charge >= 0.3 is 5.69 Å². The Morgan fingerprint density at radius 1 is 1.11 bits per heavy atom. The summed E-state index contributed by atoms with van der Waals surface area (Å²) in [6.07, 6.45) is 0. The maximum atomic E-state index is 12.6. The Kier molecular flexibility index (Phi) is 5.28. The van der Waals surface area contributed by atoms with Crippen LogP contribution in [0.4, 0.5) is 11.4 Å². The van der Waals surface area contributed by atoms with Gasteiger partial charge in [0.15, 0.2) is 10.9 Å². The second-order valence-electron chi connectivity index (χ2n) is 5.58. The van der Waals surface area contributed by atoms with Gasteiger partial charge in [0, 0.05) is 17.3 Å². The summed E-state index contributed by atoms with van der Waals surface area (Å²) >= 11 is 5.16. The summed E-state index contributed by atoms with van der Waals surface area (Å²) in [6.45, 7) is 0. The van der Waals surface area contributed by atoms with Crippen LogP contribution in [-0.4, -0.2) is 23.1 Å². The molecule has 2 N–H and O–H groups in total. The molecular weight excluding hydrogens is 366 g/mol. The van der Waals surface area contributed by atoms with Crippen molar-refractivity contribution in [1.82, 2.24) is 5.32 Å². The van der Waals surface area contributed by atoms with Crippen molar-refractivity contribution in [2.75, 3.05) is 12.4 Å². The quantitative estimate of drug-likeness (QED) is 0.405. The first-order chi connectivity index (χ1) is 13.0. The maximum Gasteiger partial charge on any atom is 0.312 e. The lowest BCUT2D eigenvalue weighted by atomic mass is 10.0. The number of benzene rings is 3. The van der Waals surface area contributed by atoms with Crippen molar-refractivity contribution in [3.05, 3.63) is 76.3 Å². The zero-order valence-electron chi connectivity index (χ0n) is 14.3. The van der Waals surface area contributed by atoms with Crippen molar-refractivity contribution in [2.24, 2.45) is 0 Å². The number of hydrogen-bond acceptors (Lipinski definition) is 5. The second kappa shape index (κ2) is 7.79. The Labute approximate surface area is 160 Å². The lowest BCUT2D eigenvalue weighted by Crippen LogP contribution is -2.34. The summed E-state index contributed by atoms with van der Waals surface area (Å²) < 4.78 is 4.96. The minimum Gasteiger partial charge on any atom is -0.490 e. The molecule has 27 heavy (non-hydrogen) atoms. The standard InChI is InChI=1S/C19H15N3O4S/c1-26-17-10-9-13(11-16(17)22(24)25)20-19(27)21-18(23)15-8-4-6-12-5-2-3-7-14(12)15/h2-11H,1H3,(H2,20,21,23,27). The molecule has 3 rings (SSSR count). The predicted molar refractivity (Wildman–Crippen MR) is 107 cm³/mol. The van der Waals surface area contributed by atoms with E-state index in [1.165, 1.54) is 19.2 Å². The largest absolute Gasteiger partial charge is 0.490 e. The van der Waals surface area contributed by atoms with E-state index in [1.807, 2.05) is 30.3 Å². The number of fused-ring (bicyclic) bond motifs is 1. The molecule has 3 aromatic rings. The lowest BCUT2D eigenvalue weighted by Gasteiger charge is -2.11. The molecule has 8 heteroatoms. The monoisotopic (exact) mass is 381 g/mol. The fourth-order valence-corrected chi connectivity index (χ4v) is 2.88. The molecule has 7 nitrogen and oxygen atoms in total. The number of thiocarbonyl (C=S) groups is 1. The summed E-state index contributed by atoms with van der Waals surface area (Å²) in [4.78, 5) is 23.1. The molecule has 0 heterocycles. The molecular formula is C19H15N3O4S. The van der Waals surface area contributed by atoms with E-state index in [9.17, 15) is 14.9 Å². The first-order valence-corrected chi connectivity index (χ1v) is 8.33. The van der Waals surface area contributed by atoms with Gasteiger partial charge < -0.3 is 10.1 Å². The molecule has 0 bridgehead atoms. The van der Waals surface area contributed by atoms with Crippen LogP contribution in [-0.2, 0) is 0 Å². The summed E-state index contributed by atoms with van der Waals surface area (Å²) in [7, 11) is 1.35. The molecule has 0 saturated carbocycles. The Balaban J connectivity index is 1.77. The molecule has 3 aromatic carbocycles. The van der Waals surface area contributed by atoms with Gasteiger partial charge in [-0.2, -0.15) is 0 Å². The number of amides is 1. The highest BCUT2D eigenvalue weighted by molar-refractivity contribution is 7.80. The van der Waals surface area contributed by atoms with Crippen LogP contribution in [0, 0.1) is 10.1 Å². The molecule has 0 radical (unpaired) electrons. The second-order valence-corrected chi connectivity index (χ2v) is 5.99. The van der Waals surface area contributed by atoms with E-state index in [-0.39, 0.29) is 22.5 Å². The summed E-state index contributed by atoms with van der Waals surface area (Å²) in [5, 5.41) is 18.3. The van der Waals surface area contributed by atoms with E-state index in [0.717, 1.165) is 10.8 Å². The number of anilines is 1.